The van der Waals surface area contributed by atoms with E-state index in [4.69, 9.17) is 11.6 Å². The second-order valence-corrected chi connectivity index (χ2v) is 6.62. The Morgan fingerprint density at radius 3 is 2.41 bits per heavy atom. The molecule has 5 heteroatoms. The van der Waals surface area contributed by atoms with Crippen molar-refractivity contribution in [2.45, 2.75) is 0 Å². The van der Waals surface area contributed by atoms with Gasteiger partial charge in [0.05, 0.1) is 0 Å². The van der Waals surface area contributed by atoms with Crippen LogP contribution in [0.3, 0.4) is 0 Å². The van der Waals surface area contributed by atoms with Crippen LogP contribution in [-0.2, 0) is 0 Å². The van der Waals surface area contributed by atoms with Gasteiger partial charge in [-0.1, -0.05) is 39.7 Å². The summed E-state index contributed by atoms with van der Waals surface area (Å²) in [4.78, 5) is 16.7. The van der Waals surface area contributed by atoms with Crippen molar-refractivity contribution in [2.24, 2.45) is 0 Å². The minimum Gasteiger partial charge on any atom is -0.368 e. The molecule has 1 heterocycles. The lowest BCUT2D eigenvalue weighted by molar-refractivity contribution is 0.0747. The molecule has 1 fully saturated rings. The van der Waals surface area contributed by atoms with E-state index in [1.165, 1.54) is 5.69 Å². The number of piperazine rings is 1. The van der Waals surface area contributed by atoms with Gasteiger partial charge in [-0.15, -0.1) is 0 Å². The van der Waals surface area contributed by atoms with E-state index >= 15 is 0 Å². The Morgan fingerprint density at radius 1 is 1.00 bits per heavy atom. The molecule has 0 atom stereocenters. The van der Waals surface area contributed by atoms with Crippen LogP contribution in [0.2, 0.25) is 5.02 Å². The predicted octanol–water partition coefficient (Wildman–Crippen LogP) is 4.06. The van der Waals surface area contributed by atoms with E-state index in [9.17, 15) is 4.79 Å². The molecule has 2 aromatic rings. The number of anilines is 1. The average molecular weight is 380 g/mol. The molecular weight excluding hydrogens is 364 g/mol. The van der Waals surface area contributed by atoms with Crippen LogP contribution in [0.15, 0.2) is 53.0 Å². The molecule has 1 saturated heterocycles. The fourth-order valence-corrected chi connectivity index (χ4v) is 3.22. The van der Waals surface area contributed by atoms with Gasteiger partial charge < -0.3 is 9.80 Å². The zero-order valence-corrected chi connectivity index (χ0v) is 14.3. The van der Waals surface area contributed by atoms with Crippen molar-refractivity contribution >= 4 is 39.1 Å². The first kappa shape index (κ1) is 15.4. The Balaban J connectivity index is 1.65. The minimum atomic E-state index is 0.0522. The fraction of sp³-hybridized carbons (Fsp3) is 0.235. The molecule has 3 nitrogen and oxygen atoms in total. The largest absolute Gasteiger partial charge is 0.368 e. The second-order valence-electron chi connectivity index (χ2n) is 5.27. The van der Waals surface area contributed by atoms with Gasteiger partial charge in [0.15, 0.2) is 0 Å². The maximum atomic E-state index is 12.5. The van der Waals surface area contributed by atoms with E-state index in [1.807, 2.05) is 29.2 Å². The van der Waals surface area contributed by atoms with Gasteiger partial charge in [-0.25, -0.2) is 0 Å². The first-order valence-corrected chi connectivity index (χ1v) is 8.36. The summed E-state index contributed by atoms with van der Waals surface area (Å²) in [6.07, 6.45) is 0. The predicted molar refractivity (Wildman–Crippen MR) is 93.7 cm³/mol. The number of amides is 1. The minimum absolute atomic E-state index is 0.0522. The molecule has 2 aromatic carbocycles. The van der Waals surface area contributed by atoms with E-state index < -0.39 is 0 Å². The van der Waals surface area contributed by atoms with Gasteiger partial charge in [0, 0.05) is 46.9 Å². The van der Waals surface area contributed by atoms with E-state index in [0.717, 1.165) is 30.7 Å². The molecule has 0 N–H and O–H groups in total. The number of rotatable bonds is 2. The molecule has 0 aliphatic carbocycles. The number of halogens is 2. The summed E-state index contributed by atoms with van der Waals surface area (Å²) in [5, 5.41) is 0.596. The van der Waals surface area contributed by atoms with Crippen molar-refractivity contribution in [3.63, 3.8) is 0 Å². The van der Waals surface area contributed by atoms with Crippen molar-refractivity contribution < 1.29 is 4.79 Å². The van der Waals surface area contributed by atoms with Gasteiger partial charge in [0.1, 0.15) is 0 Å². The van der Waals surface area contributed by atoms with Crippen LogP contribution in [0.25, 0.3) is 0 Å². The van der Waals surface area contributed by atoms with Gasteiger partial charge in [-0.3, -0.25) is 4.79 Å². The van der Waals surface area contributed by atoms with Crippen molar-refractivity contribution in [2.75, 3.05) is 31.1 Å². The summed E-state index contributed by atoms with van der Waals surface area (Å²) in [5.41, 5.74) is 1.84. The molecule has 1 aliphatic heterocycles. The zero-order valence-electron chi connectivity index (χ0n) is 12.0. The number of nitrogens with zero attached hydrogens (tertiary/aromatic N) is 2. The van der Waals surface area contributed by atoms with Crippen LogP contribution in [0, 0.1) is 0 Å². The lowest BCUT2D eigenvalue weighted by Gasteiger charge is -2.36. The number of carbonyl (C=O) groups is 1. The molecule has 22 heavy (non-hydrogen) atoms. The summed E-state index contributed by atoms with van der Waals surface area (Å²) in [7, 11) is 0. The van der Waals surface area contributed by atoms with E-state index in [1.54, 1.807) is 12.1 Å². The number of hydrogen-bond donors (Lipinski definition) is 0. The summed E-state index contributed by atoms with van der Waals surface area (Å²) >= 11 is 9.46. The molecule has 0 saturated carbocycles. The second kappa shape index (κ2) is 6.71. The molecule has 114 valence electrons. The van der Waals surface area contributed by atoms with Gasteiger partial charge in [0.25, 0.3) is 5.91 Å². The summed E-state index contributed by atoms with van der Waals surface area (Å²) in [5.74, 6) is 0.0522. The third-order valence-corrected chi connectivity index (χ3v) is 4.54. The molecule has 3 rings (SSSR count). The Kier molecular flexibility index (Phi) is 4.69. The Morgan fingerprint density at radius 2 is 1.73 bits per heavy atom. The lowest BCUT2D eigenvalue weighted by atomic mass is 10.1. The number of benzene rings is 2. The van der Waals surface area contributed by atoms with Crippen LogP contribution >= 0.6 is 27.5 Å². The van der Waals surface area contributed by atoms with Gasteiger partial charge >= 0.3 is 0 Å². The SMILES string of the molecule is O=C(c1cccc(Cl)c1)N1CCN(c2cccc(Br)c2)CC1. The quantitative estimate of drug-likeness (QED) is 0.785. The monoisotopic (exact) mass is 378 g/mol. The highest BCUT2D eigenvalue weighted by atomic mass is 79.9. The van der Waals surface area contributed by atoms with Crippen LogP contribution in [0.5, 0.6) is 0 Å². The maximum absolute atomic E-state index is 12.5. The molecule has 1 amide bonds. The Bertz CT molecular complexity index is 684. The first-order chi connectivity index (χ1) is 10.6. The van der Waals surface area contributed by atoms with Crippen molar-refractivity contribution in [1.29, 1.82) is 0 Å². The highest BCUT2D eigenvalue weighted by molar-refractivity contribution is 9.10. The van der Waals surface area contributed by atoms with Crippen LogP contribution in [0.1, 0.15) is 10.4 Å². The van der Waals surface area contributed by atoms with E-state index in [-0.39, 0.29) is 5.91 Å². The molecule has 0 spiro atoms. The molecule has 0 unspecified atom stereocenters. The van der Waals surface area contributed by atoms with Crippen molar-refractivity contribution in [1.82, 2.24) is 4.90 Å². The highest BCUT2D eigenvalue weighted by Gasteiger charge is 2.22. The highest BCUT2D eigenvalue weighted by Crippen LogP contribution is 2.22. The third-order valence-electron chi connectivity index (χ3n) is 3.81. The van der Waals surface area contributed by atoms with Crippen LogP contribution in [0.4, 0.5) is 5.69 Å². The van der Waals surface area contributed by atoms with Gasteiger partial charge in [-0.05, 0) is 36.4 Å². The van der Waals surface area contributed by atoms with Crippen molar-refractivity contribution in [3.8, 4) is 0 Å². The fourth-order valence-electron chi connectivity index (χ4n) is 2.64. The van der Waals surface area contributed by atoms with Gasteiger partial charge in [-0.2, -0.15) is 0 Å². The summed E-state index contributed by atoms with van der Waals surface area (Å²) in [6.45, 7) is 3.11. The summed E-state index contributed by atoms with van der Waals surface area (Å²) < 4.78 is 1.07. The number of carbonyl (C=O) groups excluding carboxylic acids is 1. The smallest absolute Gasteiger partial charge is 0.254 e. The Labute approximate surface area is 143 Å². The Hall–Kier alpha value is -1.52. The van der Waals surface area contributed by atoms with E-state index in [2.05, 4.69) is 33.0 Å². The summed E-state index contributed by atoms with van der Waals surface area (Å²) in [6, 6.07) is 15.4. The van der Waals surface area contributed by atoms with E-state index in [0.29, 0.717) is 10.6 Å². The average Bonchev–Trinajstić information content (AvgIpc) is 2.54. The molecule has 0 aromatic heterocycles. The number of hydrogen-bond acceptors (Lipinski definition) is 2. The lowest BCUT2D eigenvalue weighted by Crippen LogP contribution is -2.48. The first-order valence-electron chi connectivity index (χ1n) is 7.19. The molecular formula is C17H16BrClN2O. The molecule has 0 bridgehead atoms. The topological polar surface area (TPSA) is 23.6 Å². The standard InChI is InChI=1S/C17H16BrClN2O/c18-14-4-2-6-16(12-14)20-7-9-21(10-8-20)17(22)13-3-1-5-15(19)11-13/h1-6,11-12H,7-10H2. The normalized spacial score (nSPS) is 15.0. The third kappa shape index (κ3) is 3.45. The van der Waals surface area contributed by atoms with Crippen LogP contribution in [-0.4, -0.2) is 37.0 Å². The molecule has 0 radical (unpaired) electrons. The van der Waals surface area contributed by atoms with Crippen LogP contribution < -0.4 is 4.90 Å². The van der Waals surface area contributed by atoms with Gasteiger partial charge in [0.2, 0.25) is 0 Å². The maximum Gasteiger partial charge on any atom is 0.254 e. The molecule has 1 aliphatic rings. The zero-order chi connectivity index (χ0) is 15.5. The van der Waals surface area contributed by atoms with Crippen molar-refractivity contribution in [3.05, 3.63) is 63.6 Å².